The molecule has 0 spiro atoms. The van der Waals surface area contributed by atoms with E-state index in [1.54, 1.807) is 7.05 Å². The maximum absolute atomic E-state index is 15.0. The molecule has 7 aromatic rings. The van der Waals surface area contributed by atoms with E-state index in [4.69, 9.17) is 15.2 Å². The van der Waals surface area contributed by atoms with Crippen LogP contribution in [0.15, 0.2) is 73.8 Å². The molecule has 7 aromatic heterocycles. The third-order valence-corrected chi connectivity index (χ3v) is 9.51. The fourth-order valence-electron chi connectivity index (χ4n) is 6.19. The molecule has 25 heteroatoms. The van der Waals surface area contributed by atoms with E-state index in [0.29, 0.717) is 17.5 Å². The molecule has 0 aromatic carbocycles. The van der Waals surface area contributed by atoms with Gasteiger partial charge in [0.15, 0.2) is 17.5 Å². The molecular formula is C42H34F8N12O5. The lowest BCUT2D eigenvalue weighted by Crippen LogP contribution is -2.16. The summed E-state index contributed by atoms with van der Waals surface area (Å²) in [6.07, 6.45) is 2.47. The molecule has 0 radical (unpaired) electrons. The summed E-state index contributed by atoms with van der Waals surface area (Å²) in [4.78, 5) is 58.5. The quantitative estimate of drug-likeness (QED) is 0.0687. The summed E-state index contributed by atoms with van der Waals surface area (Å²) in [5.74, 6) is -8.12. The van der Waals surface area contributed by atoms with E-state index >= 15 is 4.39 Å². The van der Waals surface area contributed by atoms with Crippen molar-refractivity contribution in [2.24, 2.45) is 14.1 Å². The monoisotopic (exact) mass is 938 g/mol. The summed E-state index contributed by atoms with van der Waals surface area (Å²) in [7, 11) is 3.07. The van der Waals surface area contributed by atoms with Crippen LogP contribution in [0.3, 0.4) is 0 Å². The van der Waals surface area contributed by atoms with Gasteiger partial charge < -0.3 is 20.5 Å². The summed E-state index contributed by atoms with van der Waals surface area (Å²) < 4.78 is 122. The number of aromatic nitrogens is 10. The number of hydrogen-bond acceptors (Lipinski definition) is 14. The van der Waals surface area contributed by atoms with Gasteiger partial charge in [0.25, 0.3) is 12.3 Å². The maximum atomic E-state index is 15.0. The molecule has 0 aliphatic carbocycles. The molecule has 348 valence electrons. The molecule has 0 aliphatic rings. The molecule has 0 fully saturated rings. The fraction of sp³-hybridized carbons (Fsp3) is 0.214. The van der Waals surface area contributed by atoms with Crippen LogP contribution in [-0.2, 0) is 46.0 Å². The molecule has 17 nitrogen and oxygen atoms in total. The highest BCUT2D eigenvalue weighted by Crippen LogP contribution is 2.29. The lowest BCUT2D eigenvalue weighted by atomic mass is 10.1. The number of alkyl halides is 2. The Morgan fingerprint density at radius 1 is 0.627 bits per heavy atom. The van der Waals surface area contributed by atoms with Crippen molar-refractivity contribution >= 4 is 29.2 Å². The number of carbonyl (C=O) groups is 3. The van der Waals surface area contributed by atoms with E-state index in [2.05, 4.69) is 45.4 Å². The highest BCUT2D eigenvalue weighted by atomic mass is 19.3. The predicted molar refractivity (Wildman–Crippen MR) is 217 cm³/mol. The molecular weight excluding hydrogens is 905 g/mol. The van der Waals surface area contributed by atoms with Gasteiger partial charge in [0.1, 0.15) is 35.2 Å². The molecule has 0 saturated carbocycles. The number of anilines is 2. The van der Waals surface area contributed by atoms with E-state index in [1.165, 1.54) is 48.8 Å². The first kappa shape index (κ1) is 48.2. The number of halogens is 8. The molecule has 67 heavy (non-hydrogen) atoms. The van der Waals surface area contributed by atoms with E-state index < -0.39 is 83.9 Å². The lowest BCUT2D eigenvalue weighted by Gasteiger charge is -2.14. The predicted octanol–water partition coefficient (Wildman–Crippen LogP) is 6.84. The van der Waals surface area contributed by atoms with Crippen LogP contribution in [0.2, 0.25) is 0 Å². The summed E-state index contributed by atoms with van der Waals surface area (Å²) in [6, 6.07) is 3.84. The molecule has 7 heterocycles. The molecule has 7 rings (SSSR count). The first-order valence-corrected chi connectivity index (χ1v) is 19.3. The van der Waals surface area contributed by atoms with Gasteiger partial charge in [-0.05, 0) is 26.0 Å². The van der Waals surface area contributed by atoms with Crippen molar-refractivity contribution < 1.29 is 59.0 Å². The van der Waals surface area contributed by atoms with Crippen LogP contribution in [0, 0.1) is 35.2 Å². The second-order valence-corrected chi connectivity index (χ2v) is 14.2. The minimum Gasteiger partial charge on any atom is -0.457 e. The van der Waals surface area contributed by atoms with Crippen molar-refractivity contribution in [3.05, 3.63) is 143 Å². The Labute approximate surface area is 373 Å². The Morgan fingerprint density at radius 3 is 1.54 bits per heavy atom. The number of carbonyl (C=O) groups excluding carboxylic acids is 3. The highest BCUT2D eigenvalue weighted by Gasteiger charge is 2.25. The van der Waals surface area contributed by atoms with Gasteiger partial charge in [-0.15, -0.1) is 0 Å². The third kappa shape index (κ3) is 11.7. The Kier molecular flexibility index (Phi) is 14.9. The first-order valence-electron chi connectivity index (χ1n) is 19.3. The van der Waals surface area contributed by atoms with Crippen molar-refractivity contribution in [1.29, 1.82) is 0 Å². The number of nitrogen functional groups attached to an aromatic ring is 1. The van der Waals surface area contributed by atoms with E-state index in [1.807, 2.05) is 0 Å². The second-order valence-electron chi connectivity index (χ2n) is 14.2. The Bertz CT molecular complexity index is 2950. The van der Waals surface area contributed by atoms with E-state index in [-0.39, 0.29) is 57.1 Å². The van der Waals surface area contributed by atoms with Gasteiger partial charge in [-0.1, -0.05) is 0 Å². The van der Waals surface area contributed by atoms with Crippen LogP contribution >= 0.6 is 0 Å². The molecule has 1 amide bonds. The minimum absolute atomic E-state index is 0.0153. The van der Waals surface area contributed by atoms with Crippen LogP contribution in [0.25, 0.3) is 22.5 Å². The van der Waals surface area contributed by atoms with Crippen molar-refractivity contribution in [2.75, 3.05) is 11.1 Å². The zero-order valence-corrected chi connectivity index (χ0v) is 35.2. The Hall–Kier alpha value is -8.25. The smallest absolute Gasteiger partial charge is 0.312 e. The van der Waals surface area contributed by atoms with Crippen LogP contribution < -0.4 is 11.1 Å². The van der Waals surface area contributed by atoms with Gasteiger partial charge in [0.05, 0.1) is 89.5 Å². The van der Waals surface area contributed by atoms with Gasteiger partial charge in [0.2, 0.25) is 11.9 Å². The number of nitrogens with zero attached hydrogens (tertiary/aromatic N) is 10. The van der Waals surface area contributed by atoms with Crippen molar-refractivity contribution in [3.63, 3.8) is 0 Å². The first-order chi connectivity index (χ1) is 31.8. The highest BCUT2D eigenvalue weighted by molar-refractivity contribution is 6.03. The van der Waals surface area contributed by atoms with E-state index in [0.717, 1.165) is 49.1 Å². The Morgan fingerprint density at radius 2 is 1.09 bits per heavy atom. The van der Waals surface area contributed by atoms with Gasteiger partial charge in [-0.25, -0.2) is 46.3 Å². The summed E-state index contributed by atoms with van der Waals surface area (Å²) in [5, 5.41) is 10.4. The maximum Gasteiger partial charge on any atom is 0.312 e. The van der Waals surface area contributed by atoms with Crippen LogP contribution in [0.1, 0.15) is 71.2 Å². The number of pyridine rings is 4. The van der Waals surface area contributed by atoms with Crippen LogP contribution in [0.4, 0.5) is 46.5 Å². The summed E-state index contributed by atoms with van der Waals surface area (Å²) in [6.45, 7) is 2.73. The SMILES string of the molecule is C[C@@H](OC(=O)Cc1c(-c2ncc(N)cc2F)cnn1C)c1cc(F)cnc1F.C[C@@H](OC(=O)Cc1c(-c2ncc(NC(=O)c3cnc(C(F)F)nc3)cc2F)cnn1C)c1cc(F)cnc1F. The molecule has 0 unspecified atom stereocenters. The van der Waals surface area contributed by atoms with Gasteiger partial charge in [-0.2, -0.15) is 19.0 Å². The number of aryl methyl sites for hydroxylation is 2. The fourth-order valence-corrected chi connectivity index (χ4v) is 6.19. The number of amides is 1. The van der Waals surface area contributed by atoms with Gasteiger partial charge in [-0.3, -0.25) is 33.7 Å². The summed E-state index contributed by atoms with van der Waals surface area (Å²) >= 11 is 0. The van der Waals surface area contributed by atoms with Gasteiger partial charge >= 0.3 is 11.9 Å². The minimum atomic E-state index is -2.90. The molecule has 2 atom stereocenters. The number of nitrogens with two attached hydrogens (primary N) is 1. The van der Waals surface area contributed by atoms with Crippen molar-refractivity contribution in [3.8, 4) is 22.5 Å². The number of rotatable bonds is 13. The van der Waals surface area contributed by atoms with Gasteiger partial charge in [0, 0.05) is 49.7 Å². The normalized spacial score (nSPS) is 12.0. The largest absolute Gasteiger partial charge is 0.457 e. The average molecular weight is 939 g/mol. The van der Waals surface area contributed by atoms with Crippen LogP contribution in [-0.4, -0.2) is 67.3 Å². The van der Waals surface area contributed by atoms with Crippen LogP contribution in [0.5, 0.6) is 0 Å². The van der Waals surface area contributed by atoms with Crippen molar-refractivity contribution in [1.82, 2.24) is 49.5 Å². The topological polar surface area (TPSA) is 221 Å². The molecule has 0 aliphatic heterocycles. The van der Waals surface area contributed by atoms with E-state index in [9.17, 15) is 45.1 Å². The zero-order valence-electron chi connectivity index (χ0n) is 35.2. The number of hydrogen-bond donors (Lipinski definition) is 2. The number of nitrogens with one attached hydrogen (secondary N) is 1. The lowest BCUT2D eigenvalue weighted by molar-refractivity contribution is -0.149. The number of esters is 2. The summed E-state index contributed by atoms with van der Waals surface area (Å²) in [5.41, 5.74) is 5.81. The standard InChI is InChI=1S/C24H18F5N7O3.C18H16F3N5O2/c1-11(15-3-13(25)8-31-22(15)29)39-19(37)5-18-16(10-34-36(18)2)20-17(26)4-14(9-30-20)35-24(38)12-6-32-23(21(27)28)33-7-12;1-9(12-3-10(19)6-24-18(12)21)28-16(27)5-15-13(8-25-26(15)2)17-14(20)4-11(22)7-23-17/h3-4,6-11,21H,5H2,1-2H3,(H,35,38);3-4,6-9H,5,22H2,1-2H3/t11-;9-/m11/s1. The third-order valence-electron chi connectivity index (χ3n) is 9.51. The average Bonchev–Trinajstić information content (AvgIpc) is 3.82. The Balaban J connectivity index is 0.000000233. The van der Waals surface area contributed by atoms with Crippen molar-refractivity contribution in [2.45, 2.75) is 45.3 Å². The molecule has 0 bridgehead atoms. The molecule has 0 saturated heterocycles. The second kappa shape index (κ2) is 20.7. The zero-order chi connectivity index (χ0) is 48.7. The number of ether oxygens (including phenoxy) is 2. The molecule has 3 N–H and O–H groups in total.